The van der Waals surface area contributed by atoms with Crippen LogP contribution in [-0.2, 0) is 23.8 Å². The average molecular weight is 554 g/mol. The number of benzene rings is 1. The first-order valence-corrected chi connectivity index (χ1v) is 12.9. The molecular weight excluding hydrogens is 510 g/mol. The van der Waals surface area contributed by atoms with Gasteiger partial charge in [0.1, 0.15) is 6.04 Å². The van der Waals surface area contributed by atoms with Crippen LogP contribution in [0.2, 0.25) is 0 Å². The predicted octanol–water partition coefficient (Wildman–Crippen LogP) is 5.43. The molecule has 39 heavy (non-hydrogen) atoms. The molecule has 0 aliphatic carbocycles. The summed E-state index contributed by atoms with van der Waals surface area (Å²) in [6.45, 7) is 14.8. The molecule has 220 valence electrons. The molecule has 0 aliphatic heterocycles. The molecule has 0 amide bonds. The van der Waals surface area contributed by atoms with Gasteiger partial charge in [0.15, 0.2) is 11.5 Å². The van der Waals surface area contributed by atoms with Gasteiger partial charge in [-0.05, 0) is 48.3 Å². The molecule has 2 unspecified atom stereocenters. The van der Waals surface area contributed by atoms with E-state index < -0.39 is 42.3 Å². The van der Waals surface area contributed by atoms with Crippen LogP contribution in [0.15, 0.2) is 18.2 Å². The lowest BCUT2D eigenvalue weighted by atomic mass is 9.87. The average Bonchev–Trinajstić information content (AvgIpc) is 2.79. The Balaban J connectivity index is 3.33. The molecule has 0 aromatic heterocycles. The fourth-order valence-corrected chi connectivity index (χ4v) is 3.26. The first kappa shape index (κ1) is 33.7. The Morgan fingerprint density at radius 1 is 0.897 bits per heavy atom. The summed E-state index contributed by atoms with van der Waals surface area (Å²) >= 11 is 0. The van der Waals surface area contributed by atoms with E-state index in [1.165, 1.54) is 18.2 Å². The third-order valence-corrected chi connectivity index (χ3v) is 5.12. The summed E-state index contributed by atoms with van der Waals surface area (Å²) in [5.41, 5.74) is 5.72. The predicted molar refractivity (Wildman–Crippen MR) is 143 cm³/mol. The molecule has 1 aromatic carbocycles. The summed E-state index contributed by atoms with van der Waals surface area (Å²) in [4.78, 5) is 48.5. The largest absolute Gasteiger partial charge is 0.513 e. The molecule has 3 atom stereocenters. The standard InChI is InChI=1S/C28H43NO10/c1-9-10-22(30)37-17(2)13-19(23(29)24(31)32)18-11-12-20(38-25(33)35-15-27(3,4)5)21(14-18)39-26(34)36-16-28(6,7)8/h11-12,14,17,19,23H,9-10,13,15-16,29H2,1-8H3,(H,31,32)/t17?,19?,23-/m0/s1. The summed E-state index contributed by atoms with van der Waals surface area (Å²) in [6, 6.07) is 2.81. The number of carboxylic acid groups (broad SMARTS) is 1. The molecule has 1 rings (SSSR count). The lowest BCUT2D eigenvalue weighted by molar-refractivity contribution is -0.148. The van der Waals surface area contributed by atoms with Gasteiger partial charge in [0.05, 0.1) is 19.3 Å². The first-order chi connectivity index (χ1) is 17.9. The third-order valence-electron chi connectivity index (χ3n) is 5.12. The van der Waals surface area contributed by atoms with Gasteiger partial charge in [-0.1, -0.05) is 54.5 Å². The zero-order valence-corrected chi connectivity index (χ0v) is 24.2. The van der Waals surface area contributed by atoms with E-state index in [1.54, 1.807) is 6.92 Å². The zero-order chi connectivity index (χ0) is 30.0. The maximum absolute atomic E-state index is 12.4. The number of hydrogen-bond donors (Lipinski definition) is 2. The Hall–Kier alpha value is -3.34. The Morgan fingerprint density at radius 3 is 1.87 bits per heavy atom. The van der Waals surface area contributed by atoms with Crippen LogP contribution in [0.3, 0.4) is 0 Å². The number of carbonyl (C=O) groups excluding carboxylic acids is 3. The van der Waals surface area contributed by atoms with Crippen molar-refractivity contribution in [2.75, 3.05) is 13.2 Å². The van der Waals surface area contributed by atoms with Crippen LogP contribution in [0.25, 0.3) is 0 Å². The SMILES string of the molecule is CCCC(=O)OC(C)CC(c1ccc(OC(=O)OCC(C)(C)C)c(OC(=O)OCC(C)(C)C)c1)[C@H](N)C(=O)O. The zero-order valence-electron chi connectivity index (χ0n) is 24.2. The topological polar surface area (TPSA) is 161 Å². The van der Waals surface area contributed by atoms with E-state index in [-0.39, 0.29) is 48.4 Å². The van der Waals surface area contributed by atoms with Crippen molar-refractivity contribution >= 4 is 24.2 Å². The number of nitrogens with two attached hydrogens (primary N) is 1. The maximum atomic E-state index is 12.4. The molecular formula is C28H43NO10. The molecule has 0 heterocycles. The molecule has 0 aliphatic rings. The molecule has 11 nitrogen and oxygen atoms in total. The van der Waals surface area contributed by atoms with Crippen molar-refractivity contribution in [1.82, 2.24) is 0 Å². The highest BCUT2D eigenvalue weighted by molar-refractivity contribution is 5.75. The van der Waals surface area contributed by atoms with Crippen molar-refractivity contribution in [3.05, 3.63) is 23.8 Å². The Morgan fingerprint density at radius 2 is 1.41 bits per heavy atom. The van der Waals surface area contributed by atoms with E-state index in [0.29, 0.717) is 12.0 Å². The summed E-state index contributed by atoms with van der Waals surface area (Å²) in [6.07, 6.45) is -1.80. The van der Waals surface area contributed by atoms with E-state index in [0.717, 1.165) is 0 Å². The van der Waals surface area contributed by atoms with Crippen LogP contribution in [0.5, 0.6) is 11.5 Å². The highest BCUT2D eigenvalue weighted by Crippen LogP contribution is 2.35. The molecule has 1 aromatic rings. The van der Waals surface area contributed by atoms with Gasteiger partial charge in [0.2, 0.25) is 0 Å². The molecule has 0 saturated heterocycles. The van der Waals surface area contributed by atoms with Crippen LogP contribution >= 0.6 is 0 Å². The Labute approximate surface area is 230 Å². The fourth-order valence-electron chi connectivity index (χ4n) is 3.26. The highest BCUT2D eigenvalue weighted by atomic mass is 16.7. The lowest BCUT2D eigenvalue weighted by Gasteiger charge is -2.25. The fraction of sp³-hybridized carbons (Fsp3) is 0.643. The van der Waals surface area contributed by atoms with Gasteiger partial charge < -0.3 is 34.5 Å². The van der Waals surface area contributed by atoms with Crippen LogP contribution in [0.4, 0.5) is 9.59 Å². The van der Waals surface area contributed by atoms with Crippen molar-refractivity contribution in [1.29, 1.82) is 0 Å². The van der Waals surface area contributed by atoms with Gasteiger partial charge in [-0.2, -0.15) is 0 Å². The van der Waals surface area contributed by atoms with Crippen LogP contribution in [0, 0.1) is 10.8 Å². The van der Waals surface area contributed by atoms with Crippen LogP contribution in [-0.4, -0.2) is 54.7 Å². The third kappa shape index (κ3) is 13.3. The molecule has 11 heteroatoms. The number of carboxylic acids is 1. The second-order valence-electron chi connectivity index (χ2n) is 11.9. The molecule has 0 radical (unpaired) electrons. The minimum atomic E-state index is -1.37. The molecule has 0 bridgehead atoms. The van der Waals surface area contributed by atoms with Crippen molar-refractivity contribution in [3.8, 4) is 11.5 Å². The first-order valence-electron chi connectivity index (χ1n) is 12.9. The van der Waals surface area contributed by atoms with Gasteiger partial charge in [0.25, 0.3) is 0 Å². The quantitative estimate of drug-likeness (QED) is 0.193. The number of carbonyl (C=O) groups is 4. The number of esters is 1. The van der Waals surface area contributed by atoms with Gasteiger partial charge in [0, 0.05) is 12.3 Å². The normalized spacial score (nSPS) is 14.0. The van der Waals surface area contributed by atoms with Crippen molar-refractivity contribution < 1.29 is 48.0 Å². The maximum Gasteiger partial charge on any atom is 0.513 e. The van der Waals surface area contributed by atoms with E-state index in [1.807, 2.05) is 48.5 Å². The summed E-state index contributed by atoms with van der Waals surface area (Å²) in [5, 5.41) is 9.63. The van der Waals surface area contributed by atoms with Crippen LogP contribution < -0.4 is 15.2 Å². The lowest BCUT2D eigenvalue weighted by Crippen LogP contribution is -2.38. The molecule has 0 fully saturated rings. The number of ether oxygens (including phenoxy) is 5. The molecule has 0 spiro atoms. The van der Waals surface area contributed by atoms with Crippen molar-refractivity contribution in [3.63, 3.8) is 0 Å². The van der Waals surface area contributed by atoms with Gasteiger partial charge in [-0.3, -0.25) is 9.59 Å². The van der Waals surface area contributed by atoms with Crippen molar-refractivity contribution in [2.24, 2.45) is 16.6 Å². The van der Waals surface area contributed by atoms with Crippen LogP contribution in [0.1, 0.15) is 86.1 Å². The van der Waals surface area contributed by atoms with E-state index >= 15 is 0 Å². The minimum absolute atomic E-state index is 0.0580. The highest BCUT2D eigenvalue weighted by Gasteiger charge is 2.30. The molecule has 3 N–H and O–H groups in total. The number of aliphatic carboxylic acids is 1. The minimum Gasteiger partial charge on any atom is -0.480 e. The van der Waals surface area contributed by atoms with Gasteiger partial charge in [-0.25, -0.2) is 9.59 Å². The number of rotatable bonds is 12. The van der Waals surface area contributed by atoms with E-state index in [9.17, 15) is 24.3 Å². The van der Waals surface area contributed by atoms with E-state index in [2.05, 4.69) is 0 Å². The summed E-state index contributed by atoms with van der Waals surface area (Å²) in [7, 11) is 0. The smallest absolute Gasteiger partial charge is 0.480 e. The van der Waals surface area contributed by atoms with Crippen molar-refractivity contribution in [2.45, 2.75) is 92.7 Å². The second kappa shape index (κ2) is 14.7. The Kier molecular flexibility index (Phi) is 12.7. The summed E-state index contributed by atoms with van der Waals surface area (Å²) < 4.78 is 26.3. The summed E-state index contributed by atoms with van der Waals surface area (Å²) in [5.74, 6) is -2.87. The van der Waals surface area contributed by atoms with Gasteiger partial charge in [-0.15, -0.1) is 0 Å². The monoisotopic (exact) mass is 553 g/mol. The number of hydrogen-bond acceptors (Lipinski definition) is 10. The Bertz CT molecular complexity index is 993. The second-order valence-corrected chi connectivity index (χ2v) is 11.9. The van der Waals surface area contributed by atoms with E-state index in [4.69, 9.17) is 29.4 Å². The van der Waals surface area contributed by atoms with Gasteiger partial charge >= 0.3 is 24.2 Å². The molecule has 0 saturated carbocycles.